The first kappa shape index (κ1) is 14.0. The maximum atomic E-state index is 12.0. The fourth-order valence-corrected chi connectivity index (χ4v) is 3.03. The normalized spacial score (nSPS) is 23.9. The molecule has 1 nitrogen and oxygen atoms in total. The number of allylic oxidation sites excluding steroid dienone is 1. The maximum absolute atomic E-state index is 12.0. The predicted octanol–water partition coefficient (Wildman–Crippen LogP) is 4.88. The van der Waals surface area contributed by atoms with Gasteiger partial charge in [-0.3, -0.25) is 4.79 Å². The van der Waals surface area contributed by atoms with Crippen LogP contribution >= 0.6 is 0 Å². The average molecular weight is 256 g/mol. The SMILES string of the molecule is CCCC1CCC(=O)C(C/C=C/c2ccccc2)C1. The second kappa shape index (κ2) is 7.28. The van der Waals surface area contributed by atoms with Crippen LogP contribution in [0.1, 0.15) is 51.0 Å². The van der Waals surface area contributed by atoms with Gasteiger partial charge in [0.1, 0.15) is 5.78 Å². The maximum Gasteiger partial charge on any atom is 0.136 e. The van der Waals surface area contributed by atoms with E-state index in [9.17, 15) is 4.79 Å². The summed E-state index contributed by atoms with van der Waals surface area (Å²) in [4.78, 5) is 12.0. The molecule has 1 saturated carbocycles. The number of Topliss-reactive ketones (excluding diaryl/α,β-unsaturated/α-hetero) is 1. The predicted molar refractivity (Wildman–Crippen MR) is 80.8 cm³/mol. The van der Waals surface area contributed by atoms with E-state index < -0.39 is 0 Å². The van der Waals surface area contributed by atoms with Gasteiger partial charge in [0.25, 0.3) is 0 Å². The summed E-state index contributed by atoms with van der Waals surface area (Å²) in [6.45, 7) is 2.24. The van der Waals surface area contributed by atoms with E-state index in [2.05, 4.69) is 31.2 Å². The summed E-state index contributed by atoms with van der Waals surface area (Å²) in [6.07, 6.45) is 10.8. The van der Waals surface area contributed by atoms with Crippen LogP contribution in [-0.4, -0.2) is 5.78 Å². The Morgan fingerprint density at radius 2 is 2.05 bits per heavy atom. The van der Waals surface area contributed by atoms with Crippen LogP contribution in [0.5, 0.6) is 0 Å². The molecule has 0 spiro atoms. The summed E-state index contributed by atoms with van der Waals surface area (Å²) >= 11 is 0. The molecule has 0 aliphatic heterocycles. The topological polar surface area (TPSA) is 17.1 Å². The molecule has 2 unspecified atom stereocenters. The number of hydrogen-bond donors (Lipinski definition) is 0. The Morgan fingerprint density at radius 3 is 2.79 bits per heavy atom. The van der Waals surface area contributed by atoms with Crippen LogP contribution in [0, 0.1) is 11.8 Å². The van der Waals surface area contributed by atoms with E-state index in [0.717, 1.165) is 31.6 Å². The van der Waals surface area contributed by atoms with E-state index >= 15 is 0 Å². The Hall–Kier alpha value is -1.37. The van der Waals surface area contributed by atoms with Gasteiger partial charge in [0.15, 0.2) is 0 Å². The quantitative estimate of drug-likeness (QED) is 0.734. The van der Waals surface area contributed by atoms with Gasteiger partial charge in [0.05, 0.1) is 0 Å². The van der Waals surface area contributed by atoms with Crippen molar-refractivity contribution >= 4 is 11.9 Å². The summed E-state index contributed by atoms with van der Waals surface area (Å²) in [5.74, 6) is 1.52. The van der Waals surface area contributed by atoms with E-state index in [1.807, 2.05) is 18.2 Å². The van der Waals surface area contributed by atoms with Crippen LogP contribution in [0.3, 0.4) is 0 Å². The summed E-state index contributed by atoms with van der Waals surface area (Å²) in [5, 5.41) is 0. The summed E-state index contributed by atoms with van der Waals surface area (Å²) in [5.41, 5.74) is 1.22. The van der Waals surface area contributed by atoms with Crippen molar-refractivity contribution in [2.45, 2.75) is 45.4 Å². The number of ketones is 1. The van der Waals surface area contributed by atoms with E-state index in [-0.39, 0.29) is 5.92 Å². The van der Waals surface area contributed by atoms with Crippen molar-refractivity contribution in [1.82, 2.24) is 0 Å². The fourth-order valence-electron chi connectivity index (χ4n) is 3.03. The molecule has 1 aliphatic carbocycles. The van der Waals surface area contributed by atoms with Crippen LogP contribution in [0.2, 0.25) is 0 Å². The van der Waals surface area contributed by atoms with Gasteiger partial charge in [-0.05, 0) is 30.7 Å². The molecule has 19 heavy (non-hydrogen) atoms. The highest BCUT2D eigenvalue weighted by Gasteiger charge is 2.26. The molecule has 0 amide bonds. The average Bonchev–Trinajstić information content (AvgIpc) is 2.44. The number of carbonyl (C=O) groups excluding carboxylic acids is 1. The minimum atomic E-state index is 0.269. The van der Waals surface area contributed by atoms with Crippen LogP contribution in [-0.2, 0) is 4.79 Å². The van der Waals surface area contributed by atoms with Gasteiger partial charge >= 0.3 is 0 Å². The number of benzene rings is 1. The molecule has 0 radical (unpaired) electrons. The first-order valence-corrected chi connectivity index (χ1v) is 7.54. The summed E-state index contributed by atoms with van der Waals surface area (Å²) in [6, 6.07) is 10.3. The van der Waals surface area contributed by atoms with E-state index in [4.69, 9.17) is 0 Å². The first-order valence-electron chi connectivity index (χ1n) is 7.54. The van der Waals surface area contributed by atoms with Crippen LogP contribution in [0.25, 0.3) is 6.08 Å². The monoisotopic (exact) mass is 256 g/mol. The Morgan fingerprint density at radius 1 is 1.26 bits per heavy atom. The van der Waals surface area contributed by atoms with Gasteiger partial charge in [0.2, 0.25) is 0 Å². The molecule has 0 aromatic heterocycles. The molecule has 0 N–H and O–H groups in total. The molecule has 0 heterocycles. The second-order valence-corrected chi connectivity index (χ2v) is 5.64. The van der Waals surface area contributed by atoms with Gasteiger partial charge in [-0.1, -0.05) is 62.2 Å². The lowest BCUT2D eigenvalue weighted by atomic mass is 9.77. The first-order chi connectivity index (χ1) is 9.29. The third-order valence-electron chi connectivity index (χ3n) is 4.10. The lowest BCUT2D eigenvalue weighted by molar-refractivity contribution is -0.125. The molecule has 1 aromatic rings. The molecular formula is C18H24O. The molecule has 2 atom stereocenters. The van der Waals surface area contributed by atoms with Gasteiger partial charge in [-0.15, -0.1) is 0 Å². The molecule has 1 aliphatic rings. The molecule has 0 saturated heterocycles. The van der Waals surface area contributed by atoms with Crippen molar-refractivity contribution in [2.24, 2.45) is 11.8 Å². The molecule has 1 aromatic carbocycles. The van der Waals surface area contributed by atoms with Gasteiger partial charge in [0, 0.05) is 12.3 Å². The molecule has 102 valence electrons. The van der Waals surface area contributed by atoms with Crippen molar-refractivity contribution in [1.29, 1.82) is 0 Å². The highest BCUT2D eigenvalue weighted by atomic mass is 16.1. The lowest BCUT2D eigenvalue weighted by Crippen LogP contribution is -2.24. The molecule has 1 heteroatoms. The zero-order valence-electron chi connectivity index (χ0n) is 11.8. The largest absolute Gasteiger partial charge is 0.299 e. The second-order valence-electron chi connectivity index (χ2n) is 5.64. The van der Waals surface area contributed by atoms with Crippen molar-refractivity contribution in [3.05, 3.63) is 42.0 Å². The third-order valence-corrected chi connectivity index (χ3v) is 4.10. The molecule has 0 bridgehead atoms. The van der Waals surface area contributed by atoms with Crippen LogP contribution in [0.4, 0.5) is 0 Å². The smallest absolute Gasteiger partial charge is 0.136 e. The highest BCUT2D eigenvalue weighted by Crippen LogP contribution is 2.31. The highest BCUT2D eigenvalue weighted by molar-refractivity contribution is 5.82. The molecular weight excluding hydrogens is 232 g/mol. The standard InChI is InChI=1S/C18H24O/c1-2-7-16-12-13-18(19)17(14-16)11-6-10-15-8-4-3-5-9-15/h3-6,8-10,16-17H,2,7,11-14H2,1H3/b10-6+. The Kier molecular flexibility index (Phi) is 5.38. The van der Waals surface area contributed by atoms with E-state index in [1.54, 1.807) is 0 Å². The van der Waals surface area contributed by atoms with Crippen molar-refractivity contribution in [3.63, 3.8) is 0 Å². The number of carbonyl (C=O) groups is 1. The minimum absolute atomic E-state index is 0.269. The molecule has 1 fully saturated rings. The van der Waals surface area contributed by atoms with E-state index in [0.29, 0.717) is 5.78 Å². The van der Waals surface area contributed by atoms with Crippen molar-refractivity contribution in [2.75, 3.05) is 0 Å². The number of hydrogen-bond acceptors (Lipinski definition) is 1. The van der Waals surface area contributed by atoms with Gasteiger partial charge in [-0.25, -0.2) is 0 Å². The van der Waals surface area contributed by atoms with Gasteiger partial charge < -0.3 is 0 Å². The molecule has 2 rings (SSSR count). The Bertz CT molecular complexity index is 419. The van der Waals surface area contributed by atoms with Crippen LogP contribution < -0.4 is 0 Å². The fraction of sp³-hybridized carbons (Fsp3) is 0.500. The summed E-state index contributed by atoms with van der Waals surface area (Å²) in [7, 11) is 0. The van der Waals surface area contributed by atoms with Crippen molar-refractivity contribution < 1.29 is 4.79 Å². The Balaban J connectivity index is 1.87. The minimum Gasteiger partial charge on any atom is -0.299 e. The zero-order valence-corrected chi connectivity index (χ0v) is 11.8. The van der Waals surface area contributed by atoms with E-state index in [1.165, 1.54) is 18.4 Å². The number of rotatable bonds is 5. The van der Waals surface area contributed by atoms with Gasteiger partial charge in [-0.2, -0.15) is 0 Å². The summed E-state index contributed by atoms with van der Waals surface area (Å²) < 4.78 is 0. The van der Waals surface area contributed by atoms with Crippen molar-refractivity contribution in [3.8, 4) is 0 Å². The van der Waals surface area contributed by atoms with Crippen LogP contribution in [0.15, 0.2) is 36.4 Å². The Labute approximate surface area is 116 Å². The third kappa shape index (κ3) is 4.34. The zero-order chi connectivity index (χ0) is 13.5. The lowest BCUT2D eigenvalue weighted by Gasteiger charge is -2.27.